The molecule has 0 N–H and O–H groups in total. The van der Waals surface area contributed by atoms with E-state index in [0.29, 0.717) is 5.75 Å². The van der Waals surface area contributed by atoms with Crippen LogP contribution in [-0.2, 0) is 19.0 Å². The Kier molecular flexibility index (Phi) is 6.70. The highest BCUT2D eigenvalue weighted by molar-refractivity contribution is 7.86. The van der Waals surface area contributed by atoms with Crippen LogP contribution in [0.1, 0.15) is 19.4 Å². The van der Waals surface area contributed by atoms with Crippen LogP contribution in [-0.4, -0.2) is 33.7 Å². The second kappa shape index (κ2) is 8.04. The molecule has 0 aliphatic carbocycles. The molecule has 6 heteroatoms. The summed E-state index contributed by atoms with van der Waals surface area (Å²) in [7, 11) is -3.42. The first-order valence-electron chi connectivity index (χ1n) is 6.35. The molecule has 0 bridgehead atoms. The lowest BCUT2D eigenvalue weighted by Crippen LogP contribution is -2.21. The number of para-hydroxylation sites is 1. The van der Waals surface area contributed by atoms with Gasteiger partial charge in [0.15, 0.2) is 6.29 Å². The molecule has 0 amide bonds. The van der Waals surface area contributed by atoms with E-state index < -0.39 is 16.4 Å². The summed E-state index contributed by atoms with van der Waals surface area (Å²) in [4.78, 5) is 0. The lowest BCUT2D eigenvalue weighted by atomic mass is 10.2. The largest absolute Gasteiger partial charge is 0.465 e. The zero-order valence-corrected chi connectivity index (χ0v) is 12.6. The highest BCUT2D eigenvalue weighted by Gasteiger charge is 2.09. The molecule has 1 aromatic carbocycles. The Labute approximate surface area is 120 Å². The third kappa shape index (κ3) is 5.73. The van der Waals surface area contributed by atoms with Gasteiger partial charge in [-0.15, -0.1) is 0 Å². The van der Waals surface area contributed by atoms with Crippen LogP contribution in [0, 0.1) is 0 Å². The predicted octanol–water partition coefficient (Wildman–Crippen LogP) is 2.44. The van der Waals surface area contributed by atoms with Gasteiger partial charge in [0.2, 0.25) is 0 Å². The monoisotopic (exact) mass is 300 g/mol. The first kappa shape index (κ1) is 16.7. The molecular weight excluding hydrogens is 280 g/mol. The van der Waals surface area contributed by atoms with E-state index in [4.69, 9.17) is 13.7 Å². The van der Waals surface area contributed by atoms with Crippen molar-refractivity contribution in [3.63, 3.8) is 0 Å². The van der Waals surface area contributed by atoms with Crippen molar-refractivity contribution in [3.8, 4) is 5.75 Å². The standard InChI is InChI=1S/C14H20O5S/c1-4-13-8-6-7-9-14(13)19-12(3)17-10-11-18-20(15,16)5-2/h4,6-9,12H,1,5,10-11H2,2-3H3. The summed E-state index contributed by atoms with van der Waals surface area (Å²) in [5.41, 5.74) is 0.868. The van der Waals surface area contributed by atoms with E-state index in [-0.39, 0.29) is 19.0 Å². The van der Waals surface area contributed by atoms with Gasteiger partial charge in [-0.3, -0.25) is 4.18 Å². The van der Waals surface area contributed by atoms with E-state index in [1.165, 1.54) is 6.92 Å². The van der Waals surface area contributed by atoms with Gasteiger partial charge in [-0.05, 0) is 19.9 Å². The first-order valence-corrected chi connectivity index (χ1v) is 7.93. The Balaban J connectivity index is 2.37. The molecule has 0 spiro atoms. The quantitative estimate of drug-likeness (QED) is 0.398. The van der Waals surface area contributed by atoms with Crippen molar-refractivity contribution < 1.29 is 22.1 Å². The van der Waals surface area contributed by atoms with Crippen molar-refractivity contribution in [2.45, 2.75) is 20.1 Å². The van der Waals surface area contributed by atoms with Gasteiger partial charge in [0.1, 0.15) is 5.75 Å². The van der Waals surface area contributed by atoms with E-state index in [1.807, 2.05) is 24.3 Å². The molecule has 1 atom stereocenters. The second-order valence-electron chi connectivity index (χ2n) is 3.97. The Bertz CT molecular complexity index is 524. The Hall–Kier alpha value is -1.37. The summed E-state index contributed by atoms with van der Waals surface area (Å²) < 4.78 is 37.8. The van der Waals surface area contributed by atoms with Crippen LogP contribution >= 0.6 is 0 Å². The van der Waals surface area contributed by atoms with E-state index in [2.05, 4.69) is 6.58 Å². The summed E-state index contributed by atoms with van der Waals surface area (Å²) in [6.45, 7) is 7.07. The minimum atomic E-state index is -3.42. The van der Waals surface area contributed by atoms with Gasteiger partial charge in [-0.25, -0.2) is 0 Å². The summed E-state index contributed by atoms with van der Waals surface area (Å²) >= 11 is 0. The van der Waals surface area contributed by atoms with E-state index >= 15 is 0 Å². The topological polar surface area (TPSA) is 61.8 Å². The second-order valence-corrected chi connectivity index (χ2v) is 5.89. The lowest BCUT2D eigenvalue weighted by molar-refractivity contribution is -0.0736. The molecule has 1 rings (SSSR count). The summed E-state index contributed by atoms with van der Waals surface area (Å²) in [5.74, 6) is 0.614. The molecular formula is C14H20O5S. The van der Waals surface area contributed by atoms with Crippen molar-refractivity contribution in [1.82, 2.24) is 0 Å². The Morgan fingerprint density at radius 1 is 1.30 bits per heavy atom. The van der Waals surface area contributed by atoms with Crippen LogP contribution in [0.25, 0.3) is 6.08 Å². The maximum Gasteiger partial charge on any atom is 0.267 e. The smallest absolute Gasteiger partial charge is 0.267 e. The molecule has 0 aliphatic rings. The molecule has 1 aromatic rings. The highest BCUT2D eigenvalue weighted by atomic mass is 32.2. The number of hydrogen-bond acceptors (Lipinski definition) is 5. The maximum atomic E-state index is 11.1. The van der Waals surface area contributed by atoms with Gasteiger partial charge in [-0.2, -0.15) is 8.42 Å². The van der Waals surface area contributed by atoms with E-state index in [9.17, 15) is 8.42 Å². The SMILES string of the molecule is C=Cc1ccccc1OC(C)OCCOS(=O)(=O)CC. The maximum absolute atomic E-state index is 11.1. The normalized spacial score (nSPS) is 12.9. The number of rotatable bonds is 9. The van der Waals surface area contributed by atoms with Crippen molar-refractivity contribution in [2.75, 3.05) is 19.0 Å². The third-order valence-electron chi connectivity index (χ3n) is 2.48. The molecule has 5 nitrogen and oxygen atoms in total. The van der Waals surface area contributed by atoms with Gasteiger partial charge in [0.25, 0.3) is 10.1 Å². The number of ether oxygens (including phenoxy) is 2. The van der Waals surface area contributed by atoms with Crippen LogP contribution in [0.2, 0.25) is 0 Å². The van der Waals surface area contributed by atoms with E-state index in [0.717, 1.165) is 5.56 Å². The van der Waals surface area contributed by atoms with Crippen molar-refractivity contribution in [1.29, 1.82) is 0 Å². The van der Waals surface area contributed by atoms with Crippen LogP contribution in [0.5, 0.6) is 5.75 Å². The van der Waals surface area contributed by atoms with Gasteiger partial charge >= 0.3 is 0 Å². The fourth-order valence-electron chi connectivity index (χ4n) is 1.43. The van der Waals surface area contributed by atoms with Crippen LogP contribution in [0.3, 0.4) is 0 Å². The summed E-state index contributed by atoms with van der Waals surface area (Å²) in [6, 6.07) is 7.44. The highest BCUT2D eigenvalue weighted by Crippen LogP contribution is 2.20. The molecule has 112 valence electrons. The average Bonchev–Trinajstić information content (AvgIpc) is 2.44. The van der Waals surface area contributed by atoms with Crippen molar-refractivity contribution >= 4 is 16.2 Å². The third-order valence-corrected chi connectivity index (χ3v) is 3.72. The fourth-order valence-corrected chi connectivity index (χ4v) is 1.92. The fraction of sp³-hybridized carbons (Fsp3) is 0.429. The zero-order chi connectivity index (χ0) is 15.0. The molecule has 20 heavy (non-hydrogen) atoms. The van der Waals surface area contributed by atoms with Gasteiger partial charge in [0.05, 0.1) is 19.0 Å². The zero-order valence-electron chi connectivity index (χ0n) is 11.7. The molecule has 0 aliphatic heterocycles. The van der Waals surface area contributed by atoms with Gasteiger partial charge in [-0.1, -0.05) is 30.9 Å². The van der Waals surface area contributed by atoms with Crippen molar-refractivity contribution in [2.24, 2.45) is 0 Å². The first-order chi connectivity index (χ1) is 9.48. The lowest BCUT2D eigenvalue weighted by Gasteiger charge is -2.16. The molecule has 0 heterocycles. The minimum absolute atomic E-state index is 0.0209. The molecule has 0 saturated carbocycles. The van der Waals surface area contributed by atoms with Gasteiger partial charge in [0, 0.05) is 5.56 Å². The summed E-state index contributed by atoms with van der Waals surface area (Å²) in [5, 5.41) is 0. The van der Waals surface area contributed by atoms with E-state index in [1.54, 1.807) is 13.0 Å². The Morgan fingerprint density at radius 2 is 2.00 bits per heavy atom. The van der Waals surface area contributed by atoms with Crippen LogP contribution in [0.4, 0.5) is 0 Å². The average molecular weight is 300 g/mol. The molecule has 0 fully saturated rings. The van der Waals surface area contributed by atoms with Gasteiger partial charge < -0.3 is 9.47 Å². The molecule has 1 unspecified atom stereocenters. The molecule has 0 saturated heterocycles. The summed E-state index contributed by atoms with van der Waals surface area (Å²) in [6.07, 6.45) is 1.18. The van der Waals surface area contributed by atoms with Crippen LogP contribution < -0.4 is 4.74 Å². The molecule has 0 aromatic heterocycles. The minimum Gasteiger partial charge on any atom is -0.465 e. The van der Waals surface area contributed by atoms with Crippen LogP contribution in [0.15, 0.2) is 30.8 Å². The Morgan fingerprint density at radius 3 is 2.65 bits per heavy atom. The molecule has 0 radical (unpaired) electrons. The number of hydrogen-bond donors (Lipinski definition) is 0. The van der Waals surface area contributed by atoms with Crippen molar-refractivity contribution in [3.05, 3.63) is 36.4 Å². The number of benzene rings is 1. The predicted molar refractivity (Wildman–Crippen MR) is 78.0 cm³/mol.